The molecular weight excluding hydrogens is 491 g/mol. The number of aromatic amines is 1. The first-order valence-electron chi connectivity index (χ1n) is 12.0. The van der Waals surface area contributed by atoms with Crippen molar-refractivity contribution in [2.75, 3.05) is 10.6 Å². The van der Waals surface area contributed by atoms with Crippen LogP contribution in [0.15, 0.2) is 73.2 Å². The monoisotopic (exact) mass is 513 g/mol. The predicted octanol–water partition coefficient (Wildman–Crippen LogP) is 6.18. The molecule has 3 N–H and O–H groups in total. The highest BCUT2D eigenvalue weighted by Gasteiger charge is 2.21. The summed E-state index contributed by atoms with van der Waals surface area (Å²) in [4.78, 5) is 8.13. The van der Waals surface area contributed by atoms with Gasteiger partial charge in [0.15, 0.2) is 0 Å². The molecule has 0 spiro atoms. The quantitative estimate of drug-likeness (QED) is 0.212. The van der Waals surface area contributed by atoms with Gasteiger partial charge in [-0.15, -0.1) is 0 Å². The van der Waals surface area contributed by atoms with Crippen LogP contribution in [-0.2, 0) is 0 Å². The Morgan fingerprint density at radius 2 is 1.92 bits per heavy atom. The number of nitrogens with zero attached hydrogens (tertiary/aromatic N) is 5. The molecular formula is C27H22ClFN8. The molecule has 5 aromatic rings. The Morgan fingerprint density at radius 3 is 2.59 bits per heavy atom. The zero-order chi connectivity index (χ0) is 26.7. The number of aromatic nitrogens is 5. The van der Waals surface area contributed by atoms with Crippen molar-refractivity contribution in [3.63, 3.8) is 0 Å². The molecule has 5 rings (SSSR count). The van der Waals surface area contributed by atoms with Gasteiger partial charge in [-0.1, -0.05) is 54.9 Å². The Balaban J connectivity index is 1.63. The van der Waals surface area contributed by atoms with Crippen LogP contribution in [0.1, 0.15) is 49.2 Å². The molecule has 37 heavy (non-hydrogen) atoms. The van der Waals surface area contributed by atoms with Crippen LogP contribution < -0.4 is 10.6 Å². The van der Waals surface area contributed by atoms with E-state index in [9.17, 15) is 11.0 Å². The van der Waals surface area contributed by atoms with Crippen LogP contribution in [0.5, 0.6) is 0 Å². The molecule has 0 saturated carbocycles. The Bertz CT molecular complexity index is 1610. The van der Waals surface area contributed by atoms with Gasteiger partial charge in [-0.05, 0) is 35.7 Å². The predicted molar refractivity (Wildman–Crippen MR) is 141 cm³/mol. The van der Waals surface area contributed by atoms with E-state index >= 15 is 0 Å². The lowest BCUT2D eigenvalue weighted by molar-refractivity contribution is 0.581. The number of halogens is 2. The molecule has 0 bridgehead atoms. The van der Waals surface area contributed by atoms with Crippen LogP contribution in [-0.4, -0.2) is 25.4 Å². The Morgan fingerprint density at radius 1 is 1.08 bits per heavy atom. The number of hydrogen-bond acceptors (Lipinski definition) is 7. The first-order valence-corrected chi connectivity index (χ1v) is 11.9. The maximum Gasteiger partial charge on any atom is 0.212 e. The summed E-state index contributed by atoms with van der Waals surface area (Å²) in [7, 11) is 0. The first-order chi connectivity index (χ1) is 18.4. The van der Waals surface area contributed by atoms with Crippen molar-refractivity contribution in [1.29, 1.82) is 5.26 Å². The van der Waals surface area contributed by atoms with Gasteiger partial charge in [-0.3, -0.25) is 4.98 Å². The Hall–Kier alpha value is -4.55. The molecule has 0 saturated heterocycles. The van der Waals surface area contributed by atoms with Crippen molar-refractivity contribution < 1.29 is 5.76 Å². The second-order valence-electron chi connectivity index (χ2n) is 8.25. The highest BCUT2D eigenvalue weighted by atomic mass is 35.5. The van der Waals surface area contributed by atoms with E-state index in [0.29, 0.717) is 38.4 Å². The Labute approximate surface area is 218 Å². The first kappa shape index (κ1) is 22.9. The van der Waals surface area contributed by atoms with Gasteiger partial charge >= 0.3 is 0 Å². The number of rotatable bonds is 8. The van der Waals surface area contributed by atoms with Crippen LogP contribution in [0.4, 0.5) is 15.8 Å². The van der Waals surface area contributed by atoms with Gasteiger partial charge in [0, 0.05) is 23.5 Å². The Kier molecular flexibility index (Phi) is 6.56. The summed E-state index contributed by atoms with van der Waals surface area (Å²) in [6.45, 7) is 2.06. The van der Waals surface area contributed by atoms with Gasteiger partial charge in [0.2, 0.25) is 5.95 Å². The van der Waals surface area contributed by atoms with Crippen molar-refractivity contribution in [3.05, 3.63) is 107 Å². The van der Waals surface area contributed by atoms with Gasteiger partial charge in [0.1, 0.15) is 11.8 Å². The zero-order valence-electron chi connectivity index (χ0n) is 20.7. The van der Waals surface area contributed by atoms with E-state index in [1.807, 2.05) is 30.3 Å². The van der Waals surface area contributed by atoms with Gasteiger partial charge in [-0.25, -0.2) is 4.98 Å². The number of nitriles is 1. The van der Waals surface area contributed by atoms with Crippen molar-refractivity contribution in [3.8, 4) is 6.07 Å². The number of pyridine rings is 2. The van der Waals surface area contributed by atoms with E-state index in [1.165, 1.54) is 30.7 Å². The molecule has 0 aliphatic rings. The van der Waals surface area contributed by atoms with E-state index in [0.717, 1.165) is 12.0 Å². The summed E-state index contributed by atoms with van der Waals surface area (Å²) >= 11 is 6.67. The zero-order valence-corrected chi connectivity index (χ0v) is 20.5. The van der Waals surface area contributed by atoms with E-state index in [4.69, 9.17) is 11.6 Å². The van der Waals surface area contributed by atoms with Crippen molar-refractivity contribution in [2.24, 2.45) is 0 Å². The molecule has 0 amide bonds. The summed E-state index contributed by atoms with van der Waals surface area (Å²) in [5.41, 5.74) is 3.54. The standard InChI is InChI=1S/C27H22ClFN8/c1-2-22(16-6-4-3-5-7-16)35-25-18(12-30)14-32-27-20(25)10-19(11-21(27)28)34-26(23-15-33-37-36-23)17-8-9-24(29)31-13-17/h3-11,13-15,22,26,34H,2H2,1H3,(H,32,35)(H,33,36,37)/t22-,26+/m1/s1/i26D. The van der Waals surface area contributed by atoms with E-state index in [2.05, 4.69) is 49.0 Å². The van der Waals surface area contributed by atoms with Crippen molar-refractivity contribution in [1.82, 2.24) is 25.4 Å². The molecule has 3 aromatic heterocycles. The molecule has 10 heteroatoms. The minimum absolute atomic E-state index is 0.0695. The highest BCUT2D eigenvalue weighted by molar-refractivity contribution is 6.35. The second-order valence-corrected chi connectivity index (χ2v) is 8.66. The SMILES string of the molecule is [2H][C@](Nc1cc(Cl)c2ncc(C#N)c(N[C@H](CC)c3ccccc3)c2c1)(c1ccc(F)nc1)c1cn[nH]n1. The number of H-pyrrole nitrogens is 1. The minimum atomic E-state index is -1.69. The average Bonchev–Trinajstić information content (AvgIpc) is 3.48. The van der Waals surface area contributed by atoms with Crippen molar-refractivity contribution >= 4 is 33.9 Å². The fourth-order valence-electron chi connectivity index (χ4n) is 4.13. The van der Waals surface area contributed by atoms with Gasteiger partial charge < -0.3 is 10.6 Å². The van der Waals surface area contributed by atoms with Crippen LogP contribution in [0.2, 0.25) is 5.02 Å². The summed E-state index contributed by atoms with van der Waals surface area (Å²) in [5.74, 6) is -0.667. The van der Waals surface area contributed by atoms with Crippen LogP contribution >= 0.6 is 11.6 Å². The van der Waals surface area contributed by atoms with E-state index in [-0.39, 0.29) is 11.7 Å². The number of benzene rings is 2. The maximum atomic E-state index is 13.6. The second kappa shape index (κ2) is 10.6. The molecule has 2 aromatic carbocycles. The van der Waals surface area contributed by atoms with Gasteiger partial charge in [-0.2, -0.15) is 25.1 Å². The highest BCUT2D eigenvalue weighted by Crippen LogP contribution is 2.37. The largest absolute Gasteiger partial charge is 0.377 e. The maximum absolute atomic E-state index is 13.6. The van der Waals surface area contributed by atoms with E-state index < -0.39 is 12.0 Å². The average molecular weight is 514 g/mol. The number of anilines is 2. The topological polar surface area (TPSA) is 115 Å². The fourth-order valence-corrected chi connectivity index (χ4v) is 4.40. The molecule has 0 unspecified atom stereocenters. The van der Waals surface area contributed by atoms with Crippen molar-refractivity contribution in [2.45, 2.75) is 25.4 Å². The number of fused-ring (bicyclic) bond motifs is 1. The van der Waals surface area contributed by atoms with E-state index in [1.54, 1.807) is 12.1 Å². The smallest absolute Gasteiger partial charge is 0.212 e. The summed E-state index contributed by atoms with van der Waals surface area (Å²) in [5, 5.41) is 27.9. The summed E-state index contributed by atoms with van der Waals surface area (Å²) in [6.07, 6.45) is 4.93. The fraction of sp³-hybridized carbons (Fsp3) is 0.148. The molecule has 184 valence electrons. The molecule has 3 heterocycles. The summed E-state index contributed by atoms with van der Waals surface area (Å²) < 4.78 is 22.8. The molecule has 0 fully saturated rings. The minimum Gasteiger partial charge on any atom is -0.377 e. The van der Waals surface area contributed by atoms with Crippen LogP contribution in [0.3, 0.4) is 0 Å². The lowest BCUT2D eigenvalue weighted by atomic mass is 10.0. The number of nitrogens with one attached hydrogen (secondary N) is 3. The molecule has 8 nitrogen and oxygen atoms in total. The van der Waals surface area contributed by atoms with Crippen LogP contribution in [0, 0.1) is 17.3 Å². The van der Waals surface area contributed by atoms with Gasteiger partial charge in [0.25, 0.3) is 0 Å². The lowest BCUT2D eigenvalue weighted by Gasteiger charge is -2.22. The molecule has 0 aliphatic carbocycles. The molecule has 0 aliphatic heterocycles. The van der Waals surface area contributed by atoms with Gasteiger partial charge in [0.05, 0.1) is 41.4 Å². The number of hydrogen-bond donors (Lipinski definition) is 3. The lowest BCUT2D eigenvalue weighted by Crippen LogP contribution is -2.14. The third-order valence-corrected chi connectivity index (χ3v) is 6.22. The third-order valence-electron chi connectivity index (χ3n) is 5.93. The normalized spacial score (nSPS) is 13.8. The summed E-state index contributed by atoms with van der Waals surface area (Å²) in [6, 6.07) is 16.4. The van der Waals surface area contributed by atoms with Crippen LogP contribution in [0.25, 0.3) is 10.9 Å². The molecule has 2 atom stereocenters. The molecule has 0 radical (unpaired) electrons. The third kappa shape index (κ3) is 5.06.